The van der Waals surface area contributed by atoms with Gasteiger partial charge >= 0.3 is 0 Å². The number of benzene rings is 1. The Labute approximate surface area is 199 Å². The average molecular weight is 484 g/mol. The van der Waals surface area contributed by atoms with Crippen molar-refractivity contribution >= 4 is 62.4 Å². The summed E-state index contributed by atoms with van der Waals surface area (Å²) in [7, 11) is 0. The number of hydrogen-bond acceptors (Lipinski definition) is 5. The standard InChI is InChI=1S/C23H29Cl3N4O/c1-2-3-15-31-21-8-7-19-23(29-21)22(18-6-5-17(26)16-20(18)28-19)27-11-4-12-30(13-9-24)14-10-25/h5-8,16H,2-4,9-15H2,1H3,(H,27,28). The van der Waals surface area contributed by atoms with E-state index in [1.54, 1.807) is 0 Å². The van der Waals surface area contributed by atoms with Crippen LogP contribution in [-0.2, 0) is 0 Å². The van der Waals surface area contributed by atoms with Crippen molar-refractivity contribution < 1.29 is 4.74 Å². The maximum absolute atomic E-state index is 6.22. The number of alkyl halides is 2. The summed E-state index contributed by atoms with van der Waals surface area (Å²) in [5.41, 5.74) is 3.42. The van der Waals surface area contributed by atoms with Crippen LogP contribution >= 0.6 is 34.8 Å². The molecule has 3 rings (SSSR count). The lowest BCUT2D eigenvalue weighted by Crippen LogP contribution is -2.30. The van der Waals surface area contributed by atoms with Crippen LogP contribution in [0.2, 0.25) is 5.02 Å². The molecule has 0 unspecified atom stereocenters. The molecule has 1 aromatic carbocycles. The monoisotopic (exact) mass is 482 g/mol. The van der Waals surface area contributed by atoms with Gasteiger partial charge in [0.1, 0.15) is 5.52 Å². The van der Waals surface area contributed by atoms with Gasteiger partial charge in [0.25, 0.3) is 0 Å². The molecule has 0 aliphatic heterocycles. The van der Waals surface area contributed by atoms with E-state index in [0.29, 0.717) is 29.3 Å². The smallest absolute Gasteiger partial charge is 0.213 e. The van der Waals surface area contributed by atoms with Crippen molar-refractivity contribution in [3.63, 3.8) is 0 Å². The van der Waals surface area contributed by atoms with Crippen molar-refractivity contribution in [3.8, 4) is 5.88 Å². The van der Waals surface area contributed by atoms with Gasteiger partial charge in [0.2, 0.25) is 5.88 Å². The number of hydrogen-bond donors (Lipinski definition) is 1. The van der Waals surface area contributed by atoms with Crippen LogP contribution in [-0.4, -0.2) is 59.4 Å². The zero-order chi connectivity index (χ0) is 22.1. The van der Waals surface area contributed by atoms with Crippen LogP contribution in [0.3, 0.4) is 0 Å². The molecule has 0 saturated heterocycles. The number of nitrogens with one attached hydrogen (secondary N) is 1. The van der Waals surface area contributed by atoms with Crippen molar-refractivity contribution in [1.29, 1.82) is 0 Å². The van der Waals surface area contributed by atoms with Gasteiger partial charge in [-0.3, -0.25) is 0 Å². The van der Waals surface area contributed by atoms with Gasteiger partial charge in [-0.15, -0.1) is 23.2 Å². The molecule has 2 heterocycles. The summed E-state index contributed by atoms with van der Waals surface area (Å²) in [5, 5.41) is 5.25. The minimum absolute atomic E-state index is 0.607. The average Bonchev–Trinajstić information content (AvgIpc) is 2.76. The summed E-state index contributed by atoms with van der Waals surface area (Å²) in [4.78, 5) is 11.8. The molecule has 5 nitrogen and oxygen atoms in total. The molecule has 0 radical (unpaired) electrons. The van der Waals surface area contributed by atoms with E-state index in [9.17, 15) is 0 Å². The van der Waals surface area contributed by atoms with E-state index in [1.165, 1.54) is 0 Å². The molecule has 0 atom stereocenters. The maximum Gasteiger partial charge on any atom is 0.213 e. The summed E-state index contributed by atoms with van der Waals surface area (Å²) < 4.78 is 5.83. The van der Waals surface area contributed by atoms with Crippen LogP contribution in [0.4, 0.5) is 5.69 Å². The first-order valence-electron chi connectivity index (χ1n) is 10.8. The summed E-state index contributed by atoms with van der Waals surface area (Å²) in [6, 6.07) is 9.59. The van der Waals surface area contributed by atoms with Crippen LogP contribution in [0, 0.1) is 0 Å². The molecule has 0 fully saturated rings. The molecule has 0 amide bonds. The van der Waals surface area contributed by atoms with Crippen LogP contribution in [0.5, 0.6) is 5.88 Å². The number of anilines is 1. The number of rotatable bonds is 13. The van der Waals surface area contributed by atoms with Crippen molar-refractivity contribution in [2.75, 3.05) is 49.9 Å². The Morgan fingerprint density at radius 1 is 0.968 bits per heavy atom. The molecule has 31 heavy (non-hydrogen) atoms. The van der Waals surface area contributed by atoms with E-state index in [-0.39, 0.29) is 0 Å². The molecule has 0 bridgehead atoms. The van der Waals surface area contributed by atoms with Gasteiger partial charge in [-0.1, -0.05) is 24.9 Å². The highest BCUT2D eigenvalue weighted by Crippen LogP contribution is 2.32. The molecule has 8 heteroatoms. The van der Waals surface area contributed by atoms with Crippen LogP contribution in [0.15, 0.2) is 30.3 Å². The number of nitrogens with zero attached hydrogens (tertiary/aromatic N) is 3. The van der Waals surface area contributed by atoms with E-state index in [1.807, 2.05) is 30.3 Å². The van der Waals surface area contributed by atoms with E-state index in [2.05, 4.69) is 17.1 Å². The van der Waals surface area contributed by atoms with Gasteiger partial charge in [-0.2, -0.15) is 0 Å². The molecule has 0 aliphatic rings. The minimum Gasteiger partial charge on any atom is -0.478 e. The Kier molecular flexibility index (Phi) is 9.72. The highest BCUT2D eigenvalue weighted by molar-refractivity contribution is 6.31. The Hall–Kier alpha value is -1.53. The number of halogens is 3. The third-order valence-electron chi connectivity index (χ3n) is 5.06. The van der Waals surface area contributed by atoms with Gasteiger partial charge in [0.05, 0.1) is 23.3 Å². The number of ether oxygens (including phenoxy) is 1. The molecule has 3 aromatic rings. The zero-order valence-electron chi connectivity index (χ0n) is 17.8. The lowest BCUT2D eigenvalue weighted by Gasteiger charge is -2.20. The number of pyridine rings is 2. The second kappa shape index (κ2) is 12.5. The fourth-order valence-corrected chi connectivity index (χ4v) is 4.09. The lowest BCUT2D eigenvalue weighted by atomic mass is 10.1. The van der Waals surface area contributed by atoms with E-state index in [0.717, 1.165) is 73.1 Å². The van der Waals surface area contributed by atoms with Crippen molar-refractivity contribution in [2.24, 2.45) is 0 Å². The molecule has 0 aliphatic carbocycles. The van der Waals surface area contributed by atoms with E-state index >= 15 is 0 Å². The summed E-state index contributed by atoms with van der Waals surface area (Å²) in [6.45, 7) is 6.20. The number of unbranched alkanes of at least 4 members (excludes halogenated alkanes) is 1. The number of fused-ring (bicyclic) bond motifs is 2. The highest BCUT2D eigenvalue weighted by Gasteiger charge is 2.13. The molecular weight excluding hydrogens is 455 g/mol. The van der Waals surface area contributed by atoms with Gasteiger partial charge in [-0.05, 0) is 43.7 Å². The minimum atomic E-state index is 0.607. The Bertz CT molecular complexity index is 980. The van der Waals surface area contributed by atoms with Gasteiger partial charge in [-0.25, -0.2) is 9.97 Å². The zero-order valence-corrected chi connectivity index (χ0v) is 20.1. The number of aromatic nitrogens is 2. The molecule has 2 aromatic heterocycles. The van der Waals surface area contributed by atoms with Gasteiger partial charge in [0.15, 0.2) is 0 Å². The predicted molar refractivity (Wildman–Crippen MR) is 133 cm³/mol. The normalized spacial score (nSPS) is 11.5. The SMILES string of the molecule is CCCCOc1ccc2nc3cc(Cl)ccc3c(NCCCN(CCCl)CCCl)c2n1. The first-order chi connectivity index (χ1) is 15.2. The molecular formula is C23H29Cl3N4O. The maximum atomic E-state index is 6.22. The quantitative estimate of drug-likeness (QED) is 0.178. The first kappa shape index (κ1) is 24.1. The third-order valence-corrected chi connectivity index (χ3v) is 5.63. The lowest BCUT2D eigenvalue weighted by molar-refractivity contribution is 0.299. The highest BCUT2D eigenvalue weighted by atomic mass is 35.5. The van der Waals surface area contributed by atoms with Crippen LogP contribution < -0.4 is 10.1 Å². The Morgan fingerprint density at radius 3 is 2.52 bits per heavy atom. The van der Waals surface area contributed by atoms with Gasteiger partial charge < -0.3 is 15.0 Å². The largest absolute Gasteiger partial charge is 0.478 e. The Balaban J connectivity index is 1.85. The topological polar surface area (TPSA) is 50.3 Å². The van der Waals surface area contributed by atoms with Gasteiger partial charge in [0, 0.05) is 47.9 Å². The van der Waals surface area contributed by atoms with Crippen molar-refractivity contribution in [2.45, 2.75) is 26.2 Å². The van der Waals surface area contributed by atoms with Crippen molar-refractivity contribution in [1.82, 2.24) is 14.9 Å². The summed E-state index contributed by atoms with van der Waals surface area (Å²) in [5.74, 6) is 1.83. The van der Waals surface area contributed by atoms with Crippen LogP contribution in [0.1, 0.15) is 26.2 Å². The fraction of sp³-hybridized carbons (Fsp3) is 0.478. The molecule has 0 saturated carbocycles. The fourth-order valence-electron chi connectivity index (χ4n) is 3.45. The first-order valence-corrected chi connectivity index (χ1v) is 12.2. The predicted octanol–water partition coefficient (Wildman–Crippen LogP) is 6.20. The summed E-state index contributed by atoms with van der Waals surface area (Å²) >= 11 is 18.0. The second-order valence-corrected chi connectivity index (χ2v) is 8.56. The van der Waals surface area contributed by atoms with Crippen molar-refractivity contribution in [3.05, 3.63) is 35.4 Å². The summed E-state index contributed by atoms with van der Waals surface area (Å²) in [6.07, 6.45) is 3.04. The van der Waals surface area contributed by atoms with E-state index in [4.69, 9.17) is 49.5 Å². The van der Waals surface area contributed by atoms with E-state index < -0.39 is 0 Å². The molecule has 168 valence electrons. The Morgan fingerprint density at radius 2 is 1.77 bits per heavy atom. The molecule has 1 N–H and O–H groups in total. The third kappa shape index (κ3) is 6.72. The van der Waals surface area contributed by atoms with Crippen LogP contribution in [0.25, 0.3) is 21.9 Å². The second-order valence-electron chi connectivity index (χ2n) is 7.37. The molecule has 0 spiro atoms.